The third kappa shape index (κ3) is 5.20. The molecular weight excluding hydrogens is 332 g/mol. The first-order valence-corrected chi connectivity index (χ1v) is 9.82. The lowest BCUT2D eigenvalue weighted by molar-refractivity contribution is -0.106. The van der Waals surface area contributed by atoms with Gasteiger partial charge in [0.2, 0.25) is 0 Å². The van der Waals surface area contributed by atoms with Gasteiger partial charge in [-0.15, -0.1) is 0 Å². The van der Waals surface area contributed by atoms with Crippen LogP contribution in [0.15, 0.2) is 12.3 Å². The lowest BCUT2D eigenvalue weighted by Crippen LogP contribution is -2.41. The van der Waals surface area contributed by atoms with Crippen LogP contribution in [0.25, 0.3) is 0 Å². The topological polar surface area (TPSA) is 77.4 Å². The number of hydrogen-bond donors (Lipinski definition) is 2. The molecule has 26 heavy (non-hydrogen) atoms. The van der Waals surface area contributed by atoms with E-state index < -0.39 is 0 Å². The number of nitrogens with one attached hydrogen (secondary N) is 2. The molecule has 0 saturated carbocycles. The van der Waals surface area contributed by atoms with Gasteiger partial charge in [0.25, 0.3) is 0 Å². The third-order valence-electron chi connectivity index (χ3n) is 5.42. The van der Waals surface area contributed by atoms with Gasteiger partial charge in [0.05, 0.1) is 18.9 Å². The summed E-state index contributed by atoms with van der Waals surface area (Å²) in [6.07, 6.45) is 7.32. The summed E-state index contributed by atoms with van der Waals surface area (Å²) in [5.74, 6) is 1.20. The summed E-state index contributed by atoms with van der Waals surface area (Å²) in [5, 5.41) is 10.1. The van der Waals surface area contributed by atoms with Crippen LogP contribution in [0.2, 0.25) is 0 Å². The molecule has 2 saturated heterocycles. The minimum Gasteiger partial charge on any atom is -0.381 e. The fourth-order valence-electron chi connectivity index (χ4n) is 3.78. The molecule has 1 aromatic heterocycles. The van der Waals surface area contributed by atoms with Crippen molar-refractivity contribution in [3.05, 3.63) is 12.3 Å². The molecule has 1 unspecified atom stereocenters. The van der Waals surface area contributed by atoms with E-state index in [9.17, 15) is 4.79 Å². The highest BCUT2D eigenvalue weighted by molar-refractivity contribution is 5.88. The average Bonchev–Trinajstić information content (AvgIpc) is 3.03. The predicted octanol–water partition coefficient (Wildman–Crippen LogP) is 3.03. The first-order chi connectivity index (χ1) is 12.6. The van der Waals surface area contributed by atoms with Crippen LogP contribution in [0.4, 0.5) is 10.6 Å². The Balaban J connectivity index is 1.35. The van der Waals surface area contributed by atoms with Crippen LogP contribution in [-0.2, 0) is 16.0 Å². The lowest BCUT2D eigenvalue weighted by Gasteiger charge is -2.42. The number of aromatic nitrogens is 2. The average molecular weight is 364 g/mol. The van der Waals surface area contributed by atoms with Gasteiger partial charge < -0.3 is 14.8 Å². The number of ether oxygens (including phenoxy) is 2. The zero-order valence-corrected chi connectivity index (χ0v) is 16.0. The number of carbonyl (C=O) groups is 1. The van der Waals surface area contributed by atoms with E-state index in [2.05, 4.69) is 29.6 Å². The van der Waals surface area contributed by atoms with Crippen LogP contribution in [-0.4, -0.2) is 48.3 Å². The summed E-state index contributed by atoms with van der Waals surface area (Å²) >= 11 is 0. The minimum atomic E-state index is -0.188. The molecule has 0 bridgehead atoms. The molecule has 0 radical (unpaired) electrons. The number of rotatable bonds is 6. The first-order valence-electron chi connectivity index (χ1n) is 9.82. The molecule has 3 rings (SSSR count). The second-order valence-electron chi connectivity index (χ2n) is 8.05. The maximum atomic E-state index is 12.1. The fraction of sp³-hybridized carbons (Fsp3) is 0.789. The molecule has 0 aromatic carbocycles. The molecule has 146 valence electrons. The van der Waals surface area contributed by atoms with E-state index in [0.717, 1.165) is 57.9 Å². The highest BCUT2D eigenvalue weighted by Crippen LogP contribution is 2.40. The normalized spacial score (nSPS) is 22.5. The van der Waals surface area contributed by atoms with Crippen molar-refractivity contribution in [1.29, 1.82) is 0 Å². The van der Waals surface area contributed by atoms with Gasteiger partial charge in [0, 0.05) is 32.4 Å². The van der Waals surface area contributed by atoms with E-state index in [1.807, 2.05) is 10.7 Å². The Morgan fingerprint density at radius 1 is 1.38 bits per heavy atom. The zero-order chi connectivity index (χ0) is 18.4. The standard InChI is InChI=1S/C19H32N4O3/c1-15(2)13-23-17(5-10-21-23)22-18(24)20-9-4-16-3-6-19(14-26-16)7-11-25-12-8-19/h5,10,15-16H,3-4,6-9,11-14H2,1-2H3,(H2,20,22,24). The molecule has 2 N–H and O–H groups in total. The van der Waals surface area contributed by atoms with Gasteiger partial charge in [-0.1, -0.05) is 13.8 Å². The Labute approximate surface area is 155 Å². The summed E-state index contributed by atoms with van der Waals surface area (Å²) in [4.78, 5) is 12.1. The van der Waals surface area contributed by atoms with E-state index in [1.54, 1.807) is 6.20 Å². The van der Waals surface area contributed by atoms with Crippen LogP contribution in [0.3, 0.4) is 0 Å². The van der Waals surface area contributed by atoms with E-state index in [-0.39, 0.29) is 12.1 Å². The highest BCUT2D eigenvalue weighted by atomic mass is 16.5. The summed E-state index contributed by atoms with van der Waals surface area (Å²) in [7, 11) is 0. The Hall–Kier alpha value is -1.60. The Morgan fingerprint density at radius 2 is 2.19 bits per heavy atom. The maximum Gasteiger partial charge on any atom is 0.320 e. The van der Waals surface area contributed by atoms with Crippen LogP contribution in [0.5, 0.6) is 0 Å². The van der Waals surface area contributed by atoms with Gasteiger partial charge in [-0.25, -0.2) is 9.48 Å². The van der Waals surface area contributed by atoms with Crippen LogP contribution in [0, 0.1) is 11.3 Å². The van der Waals surface area contributed by atoms with Crippen molar-refractivity contribution in [3.63, 3.8) is 0 Å². The molecule has 1 spiro atoms. The second kappa shape index (κ2) is 8.86. The molecule has 0 aliphatic carbocycles. The molecule has 1 aromatic rings. The Morgan fingerprint density at radius 3 is 2.88 bits per heavy atom. The number of amides is 2. The maximum absolute atomic E-state index is 12.1. The van der Waals surface area contributed by atoms with Crippen molar-refractivity contribution in [2.45, 2.75) is 58.6 Å². The minimum absolute atomic E-state index is 0.188. The van der Waals surface area contributed by atoms with Crippen LogP contribution >= 0.6 is 0 Å². The zero-order valence-electron chi connectivity index (χ0n) is 16.0. The van der Waals surface area contributed by atoms with Crippen molar-refractivity contribution in [2.24, 2.45) is 11.3 Å². The molecule has 3 heterocycles. The van der Waals surface area contributed by atoms with Crippen molar-refractivity contribution in [1.82, 2.24) is 15.1 Å². The Bertz CT molecular complexity index is 571. The number of anilines is 1. The van der Waals surface area contributed by atoms with E-state index >= 15 is 0 Å². The highest BCUT2D eigenvalue weighted by Gasteiger charge is 2.37. The molecule has 2 fully saturated rings. The summed E-state index contributed by atoms with van der Waals surface area (Å²) in [5.41, 5.74) is 0.342. The van der Waals surface area contributed by atoms with Crippen LogP contribution < -0.4 is 10.6 Å². The smallest absolute Gasteiger partial charge is 0.320 e. The molecule has 1 atom stereocenters. The van der Waals surface area contributed by atoms with Crippen molar-refractivity contribution < 1.29 is 14.3 Å². The first kappa shape index (κ1) is 19.2. The molecule has 7 heteroatoms. The van der Waals surface area contributed by atoms with Gasteiger partial charge in [-0.3, -0.25) is 5.32 Å². The Kier molecular flexibility index (Phi) is 6.53. The SMILES string of the molecule is CC(C)Cn1nccc1NC(=O)NCCC1CCC2(CCOCC2)CO1. The van der Waals surface area contributed by atoms with Crippen LogP contribution in [0.1, 0.15) is 46.0 Å². The number of hydrogen-bond acceptors (Lipinski definition) is 4. The molecule has 2 aliphatic rings. The monoisotopic (exact) mass is 364 g/mol. The van der Waals surface area contributed by atoms with E-state index in [1.165, 1.54) is 6.42 Å². The molecule has 7 nitrogen and oxygen atoms in total. The number of urea groups is 1. The third-order valence-corrected chi connectivity index (χ3v) is 5.42. The number of nitrogens with zero attached hydrogens (tertiary/aromatic N) is 2. The quantitative estimate of drug-likeness (QED) is 0.813. The van der Waals surface area contributed by atoms with Gasteiger partial charge >= 0.3 is 6.03 Å². The van der Waals surface area contributed by atoms with Crippen molar-refractivity contribution in [2.75, 3.05) is 31.7 Å². The van der Waals surface area contributed by atoms with E-state index in [4.69, 9.17) is 9.47 Å². The summed E-state index contributed by atoms with van der Waals surface area (Å²) in [6.45, 7) is 8.21. The molecule has 2 amide bonds. The van der Waals surface area contributed by atoms with Gasteiger partial charge in [-0.2, -0.15) is 5.10 Å². The molecule has 2 aliphatic heterocycles. The fourth-order valence-corrected chi connectivity index (χ4v) is 3.78. The largest absolute Gasteiger partial charge is 0.381 e. The van der Waals surface area contributed by atoms with Gasteiger partial charge in [-0.05, 0) is 43.4 Å². The van der Waals surface area contributed by atoms with Crippen molar-refractivity contribution in [3.8, 4) is 0 Å². The summed E-state index contributed by atoms with van der Waals surface area (Å²) < 4.78 is 13.4. The van der Waals surface area contributed by atoms with Gasteiger partial charge in [0.15, 0.2) is 0 Å². The summed E-state index contributed by atoms with van der Waals surface area (Å²) in [6, 6.07) is 1.63. The lowest BCUT2D eigenvalue weighted by atomic mass is 9.75. The predicted molar refractivity (Wildman–Crippen MR) is 100 cm³/mol. The van der Waals surface area contributed by atoms with Gasteiger partial charge in [0.1, 0.15) is 5.82 Å². The van der Waals surface area contributed by atoms with E-state index in [0.29, 0.717) is 17.9 Å². The number of carbonyl (C=O) groups excluding carboxylic acids is 1. The molecular formula is C19H32N4O3. The second-order valence-corrected chi connectivity index (χ2v) is 8.05. The van der Waals surface area contributed by atoms with Crippen molar-refractivity contribution >= 4 is 11.8 Å².